The zero-order valence-electron chi connectivity index (χ0n) is 11.2. The zero-order chi connectivity index (χ0) is 13.5. The summed E-state index contributed by atoms with van der Waals surface area (Å²) in [4.78, 5) is 27.9. The van der Waals surface area contributed by atoms with Gasteiger partial charge in [0.1, 0.15) is 0 Å². The largest absolute Gasteiger partial charge is 0.383 e. The molecular formula is C14H20N2O2. The Morgan fingerprint density at radius 2 is 2.11 bits per heavy atom. The van der Waals surface area contributed by atoms with Gasteiger partial charge in [0.2, 0.25) is 5.56 Å². The van der Waals surface area contributed by atoms with Gasteiger partial charge in [0, 0.05) is 38.3 Å². The van der Waals surface area contributed by atoms with Crippen molar-refractivity contribution < 1.29 is 4.79 Å². The first-order chi connectivity index (χ1) is 8.54. The SMILES string of the molecule is CCCCC(=O)c1ccc(=O)[nH]c1C=CN(C)C. The molecule has 0 aliphatic carbocycles. The zero-order valence-corrected chi connectivity index (χ0v) is 11.2. The molecule has 0 saturated carbocycles. The van der Waals surface area contributed by atoms with Gasteiger partial charge in [-0.25, -0.2) is 0 Å². The molecule has 0 aliphatic rings. The number of aromatic nitrogens is 1. The van der Waals surface area contributed by atoms with Crippen LogP contribution < -0.4 is 5.56 Å². The van der Waals surface area contributed by atoms with Crippen LogP contribution in [0.3, 0.4) is 0 Å². The Hall–Kier alpha value is -1.84. The van der Waals surface area contributed by atoms with Crippen molar-refractivity contribution in [3.63, 3.8) is 0 Å². The number of pyridine rings is 1. The van der Waals surface area contributed by atoms with Crippen LogP contribution in [0.4, 0.5) is 0 Å². The molecule has 0 unspecified atom stereocenters. The van der Waals surface area contributed by atoms with E-state index in [0.29, 0.717) is 17.7 Å². The molecule has 0 atom stereocenters. The molecule has 1 N–H and O–H groups in total. The molecule has 4 nitrogen and oxygen atoms in total. The topological polar surface area (TPSA) is 53.2 Å². The first kappa shape index (κ1) is 14.2. The third-order valence-electron chi connectivity index (χ3n) is 2.55. The quantitative estimate of drug-likeness (QED) is 0.786. The van der Waals surface area contributed by atoms with E-state index < -0.39 is 0 Å². The maximum absolute atomic E-state index is 12.0. The third kappa shape index (κ3) is 4.20. The lowest BCUT2D eigenvalue weighted by Gasteiger charge is -2.07. The molecule has 0 fully saturated rings. The number of aromatic amines is 1. The van der Waals surface area contributed by atoms with Crippen molar-refractivity contribution in [2.75, 3.05) is 14.1 Å². The minimum absolute atomic E-state index is 0.0755. The van der Waals surface area contributed by atoms with Crippen molar-refractivity contribution in [2.24, 2.45) is 0 Å². The first-order valence-electron chi connectivity index (χ1n) is 6.15. The van der Waals surface area contributed by atoms with Crippen molar-refractivity contribution in [3.05, 3.63) is 39.9 Å². The number of Topliss-reactive ketones (excluding diaryl/α,β-unsaturated/α-hetero) is 1. The average Bonchev–Trinajstić information content (AvgIpc) is 2.33. The number of H-pyrrole nitrogens is 1. The van der Waals surface area contributed by atoms with E-state index >= 15 is 0 Å². The number of nitrogens with zero attached hydrogens (tertiary/aromatic N) is 1. The standard InChI is InChI=1S/C14H20N2O2/c1-4-5-6-13(17)11-7-8-14(18)15-12(11)9-10-16(2)3/h7-10H,4-6H2,1-3H3,(H,15,18). The van der Waals surface area contributed by atoms with E-state index in [1.54, 1.807) is 12.1 Å². The molecule has 0 radical (unpaired) electrons. The Balaban J connectivity index is 3.03. The van der Waals surface area contributed by atoms with Gasteiger partial charge < -0.3 is 9.88 Å². The molecule has 0 aromatic carbocycles. The summed E-state index contributed by atoms with van der Waals surface area (Å²) < 4.78 is 0. The maximum Gasteiger partial charge on any atom is 0.248 e. The highest BCUT2D eigenvalue weighted by Crippen LogP contribution is 2.11. The molecule has 0 aliphatic heterocycles. The fourth-order valence-electron chi connectivity index (χ4n) is 1.56. The van der Waals surface area contributed by atoms with Gasteiger partial charge >= 0.3 is 0 Å². The molecular weight excluding hydrogens is 228 g/mol. The summed E-state index contributed by atoms with van der Waals surface area (Å²) in [5, 5.41) is 0. The monoisotopic (exact) mass is 248 g/mol. The van der Waals surface area contributed by atoms with Gasteiger partial charge in [-0.1, -0.05) is 13.3 Å². The van der Waals surface area contributed by atoms with Gasteiger partial charge in [-0.3, -0.25) is 9.59 Å². The van der Waals surface area contributed by atoms with Crippen molar-refractivity contribution >= 4 is 11.9 Å². The van der Waals surface area contributed by atoms with Crippen molar-refractivity contribution in [1.29, 1.82) is 0 Å². The summed E-state index contributed by atoms with van der Waals surface area (Å²) in [6.45, 7) is 2.05. The van der Waals surface area contributed by atoms with Crippen LogP contribution in [-0.2, 0) is 0 Å². The van der Waals surface area contributed by atoms with Crippen LogP contribution in [0.15, 0.2) is 23.1 Å². The number of nitrogens with one attached hydrogen (secondary N) is 1. The molecule has 1 heterocycles. The summed E-state index contributed by atoms with van der Waals surface area (Å²) in [7, 11) is 3.77. The summed E-state index contributed by atoms with van der Waals surface area (Å²) in [6, 6.07) is 3.00. The number of carbonyl (C=O) groups is 1. The van der Waals surface area contributed by atoms with E-state index in [1.165, 1.54) is 6.07 Å². The predicted molar refractivity (Wildman–Crippen MR) is 73.6 cm³/mol. The molecule has 0 saturated heterocycles. The molecule has 18 heavy (non-hydrogen) atoms. The van der Waals surface area contributed by atoms with Crippen LogP contribution in [0, 0.1) is 0 Å². The summed E-state index contributed by atoms with van der Waals surface area (Å²) in [6.07, 6.45) is 5.93. The second-order valence-electron chi connectivity index (χ2n) is 4.46. The van der Waals surface area contributed by atoms with E-state index in [0.717, 1.165) is 12.8 Å². The van der Waals surface area contributed by atoms with Crippen molar-refractivity contribution in [3.8, 4) is 0 Å². The second kappa shape index (κ2) is 6.79. The molecule has 1 aromatic heterocycles. The minimum Gasteiger partial charge on any atom is -0.383 e. The summed E-state index contributed by atoms with van der Waals surface area (Å²) in [5.41, 5.74) is 0.971. The molecule has 4 heteroatoms. The maximum atomic E-state index is 12.0. The van der Waals surface area contributed by atoms with Gasteiger partial charge in [-0.05, 0) is 18.6 Å². The predicted octanol–water partition coefficient (Wildman–Crippen LogP) is 2.28. The second-order valence-corrected chi connectivity index (χ2v) is 4.46. The van der Waals surface area contributed by atoms with Gasteiger partial charge in [0.05, 0.1) is 5.69 Å². The van der Waals surface area contributed by atoms with E-state index in [1.807, 2.05) is 32.1 Å². The molecule has 1 rings (SSSR count). The van der Waals surface area contributed by atoms with Gasteiger partial charge in [-0.15, -0.1) is 0 Å². The van der Waals surface area contributed by atoms with E-state index in [9.17, 15) is 9.59 Å². The number of ketones is 1. The van der Waals surface area contributed by atoms with Crippen LogP contribution in [0.1, 0.15) is 42.2 Å². The lowest BCUT2D eigenvalue weighted by molar-refractivity contribution is 0.0979. The highest BCUT2D eigenvalue weighted by Gasteiger charge is 2.09. The molecule has 1 aromatic rings. The molecule has 0 spiro atoms. The average molecular weight is 248 g/mol. The van der Waals surface area contributed by atoms with E-state index in [4.69, 9.17) is 0 Å². The van der Waals surface area contributed by atoms with Crippen LogP contribution in [-0.4, -0.2) is 29.8 Å². The van der Waals surface area contributed by atoms with Gasteiger partial charge in [-0.2, -0.15) is 0 Å². The number of hydrogen-bond acceptors (Lipinski definition) is 3. The Bertz CT molecular complexity index is 487. The van der Waals surface area contributed by atoms with Crippen molar-refractivity contribution in [2.45, 2.75) is 26.2 Å². The Morgan fingerprint density at radius 1 is 1.39 bits per heavy atom. The highest BCUT2D eigenvalue weighted by atomic mass is 16.1. The molecule has 0 amide bonds. The Kier molecular flexibility index (Phi) is 5.36. The summed E-state index contributed by atoms with van der Waals surface area (Å²) in [5.74, 6) is 0.0755. The Morgan fingerprint density at radius 3 is 2.72 bits per heavy atom. The number of carbonyl (C=O) groups excluding carboxylic acids is 1. The van der Waals surface area contributed by atoms with E-state index in [-0.39, 0.29) is 11.3 Å². The lowest BCUT2D eigenvalue weighted by atomic mass is 10.0. The Labute approximate surface area is 107 Å². The van der Waals surface area contributed by atoms with Crippen LogP contribution in [0.2, 0.25) is 0 Å². The van der Waals surface area contributed by atoms with Gasteiger partial charge in [0.15, 0.2) is 5.78 Å². The minimum atomic E-state index is -0.194. The normalized spacial score (nSPS) is 10.8. The molecule has 0 bridgehead atoms. The summed E-state index contributed by atoms with van der Waals surface area (Å²) >= 11 is 0. The number of unbranched alkanes of at least 4 members (excludes halogenated alkanes) is 1. The fourth-order valence-corrected chi connectivity index (χ4v) is 1.56. The van der Waals surface area contributed by atoms with Crippen LogP contribution >= 0.6 is 0 Å². The smallest absolute Gasteiger partial charge is 0.248 e. The third-order valence-corrected chi connectivity index (χ3v) is 2.55. The van der Waals surface area contributed by atoms with Crippen LogP contribution in [0.25, 0.3) is 6.08 Å². The van der Waals surface area contributed by atoms with Crippen molar-refractivity contribution in [1.82, 2.24) is 9.88 Å². The van der Waals surface area contributed by atoms with Gasteiger partial charge in [0.25, 0.3) is 0 Å². The number of rotatable bonds is 6. The number of hydrogen-bond donors (Lipinski definition) is 1. The highest BCUT2D eigenvalue weighted by molar-refractivity contribution is 5.98. The van der Waals surface area contributed by atoms with E-state index in [2.05, 4.69) is 4.98 Å². The van der Waals surface area contributed by atoms with Crippen LogP contribution in [0.5, 0.6) is 0 Å². The lowest BCUT2D eigenvalue weighted by Crippen LogP contribution is -2.12. The first-order valence-corrected chi connectivity index (χ1v) is 6.15. The molecule has 98 valence electrons. The fraction of sp³-hybridized carbons (Fsp3) is 0.429.